The highest BCUT2D eigenvalue weighted by atomic mass is 19.1. The molecule has 0 spiro atoms. The summed E-state index contributed by atoms with van der Waals surface area (Å²) in [4.78, 5) is 15.9. The lowest BCUT2D eigenvalue weighted by atomic mass is 9.74. The molecule has 1 aromatic rings. The molecule has 1 aromatic heterocycles. The van der Waals surface area contributed by atoms with E-state index < -0.39 is 11.2 Å². The van der Waals surface area contributed by atoms with Gasteiger partial charge in [-0.1, -0.05) is 19.3 Å². The topological polar surface area (TPSA) is 65.8 Å². The van der Waals surface area contributed by atoms with Gasteiger partial charge < -0.3 is 5.32 Å². The van der Waals surface area contributed by atoms with Crippen molar-refractivity contribution in [1.29, 1.82) is 5.26 Å². The summed E-state index contributed by atoms with van der Waals surface area (Å²) in [5, 5.41) is 11.8. The standard InChI is InChI=1S/C13H14FN3O/c14-10-4-5-11(16-8-10)17-12(18)13(9-15)6-2-1-3-7-13/h4-5,8H,1-3,6-7H2,(H,16,17,18). The van der Waals surface area contributed by atoms with Crippen molar-refractivity contribution < 1.29 is 9.18 Å². The highest BCUT2D eigenvalue weighted by Gasteiger charge is 2.39. The summed E-state index contributed by atoms with van der Waals surface area (Å²) in [6.45, 7) is 0. The minimum Gasteiger partial charge on any atom is -0.309 e. The smallest absolute Gasteiger partial charge is 0.246 e. The summed E-state index contributed by atoms with van der Waals surface area (Å²) in [7, 11) is 0. The number of carbonyl (C=O) groups excluding carboxylic acids is 1. The lowest BCUT2D eigenvalue weighted by Gasteiger charge is -2.28. The first-order chi connectivity index (χ1) is 8.66. The molecule has 1 heterocycles. The van der Waals surface area contributed by atoms with Crippen LogP contribution in [0.3, 0.4) is 0 Å². The van der Waals surface area contributed by atoms with Gasteiger partial charge in [-0.2, -0.15) is 5.26 Å². The number of nitriles is 1. The van der Waals surface area contributed by atoms with Crippen LogP contribution in [0.2, 0.25) is 0 Å². The van der Waals surface area contributed by atoms with Crippen molar-refractivity contribution in [3.63, 3.8) is 0 Å². The zero-order valence-corrected chi connectivity index (χ0v) is 9.95. The van der Waals surface area contributed by atoms with Crippen molar-refractivity contribution in [3.05, 3.63) is 24.1 Å². The van der Waals surface area contributed by atoms with Gasteiger partial charge in [0.15, 0.2) is 0 Å². The summed E-state index contributed by atoms with van der Waals surface area (Å²) in [5.74, 6) is -0.508. The van der Waals surface area contributed by atoms with E-state index in [2.05, 4.69) is 16.4 Å². The molecule has 0 aliphatic heterocycles. The van der Waals surface area contributed by atoms with Gasteiger partial charge in [0, 0.05) is 0 Å². The van der Waals surface area contributed by atoms with Gasteiger partial charge in [-0.05, 0) is 25.0 Å². The van der Waals surface area contributed by atoms with E-state index in [4.69, 9.17) is 0 Å². The van der Waals surface area contributed by atoms with E-state index in [1.807, 2.05) is 0 Å². The van der Waals surface area contributed by atoms with Crippen molar-refractivity contribution in [1.82, 2.24) is 4.98 Å². The number of amides is 1. The number of rotatable bonds is 2. The van der Waals surface area contributed by atoms with E-state index in [1.54, 1.807) is 0 Å². The van der Waals surface area contributed by atoms with E-state index in [0.29, 0.717) is 12.8 Å². The van der Waals surface area contributed by atoms with Gasteiger partial charge in [-0.15, -0.1) is 0 Å². The summed E-state index contributed by atoms with van der Waals surface area (Å²) >= 11 is 0. The molecule has 0 radical (unpaired) electrons. The number of pyridine rings is 1. The molecule has 5 heteroatoms. The minimum atomic E-state index is -0.950. The summed E-state index contributed by atoms with van der Waals surface area (Å²) in [6.07, 6.45) is 5.03. The van der Waals surface area contributed by atoms with Crippen LogP contribution < -0.4 is 5.32 Å². The van der Waals surface area contributed by atoms with Crippen LogP contribution in [-0.2, 0) is 4.79 Å². The van der Waals surface area contributed by atoms with Gasteiger partial charge in [0.1, 0.15) is 17.1 Å². The molecule has 1 fully saturated rings. The molecule has 94 valence electrons. The van der Waals surface area contributed by atoms with Gasteiger partial charge in [0.05, 0.1) is 12.3 Å². The zero-order chi connectivity index (χ0) is 13.0. The first-order valence-electron chi connectivity index (χ1n) is 6.00. The molecule has 1 aliphatic rings. The molecule has 1 N–H and O–H groups in total. The van der Waals surface area contributed by atoms with Crippen LogP contribution in [0.5, 0.6) is 0 Å². The average molecular weight is 247 g/mol. The summed E-state index contributed by atoms with van der Waals surface area (Å²) < 4.78 is 12.7. The minimum absolute atomic E-state index is 0.279. The maximum absolute atomic E-state index is 12.7. The Kier molecular flexibility index (Phi) is 3.56. The number of halogens is 1. The van der Waals surface area contributed by atoms with Crippen molar-refractivity contribution in [2.24, 2.45) is 5.41 Å². The van der Waals surface area contributed by atoms with Crippen molar-refractivity contribution in [2.75, 3.05) is 5.32 Å². The maximum Gasteiger partial charge on any atom is 0.246 e. The second-order valence-electron chi connectivity index (χ2n) is 4.57. The fourth-order valence-corrected chi connectivity index (χ4v) is 2.23. The number of hydrogen-bond acceptors (Lipinski definition) is 3. The number of nitrogens with one attached hydrogen (secondary N) is 1. The molecule has 1 amide bonds. The van der Waals surface area contributed by atoms with E-state index in [-0.39, 0.29) is 11.7 Å². The molecular weight excluding hydrogens is 233 g/mol. The fourth-order valence-electron chi connectivity index (χ4n) is 2.23. The van der Waals surface area contributed by atoms with Crippen LogP contribution in [0, 0.1) is 22.6 Å². The number of anilines is 1. The third-order valence-corrected chi connectivity index (χ3v) is 3.32. The third kappa shape index (κ3) is 2.48. The molecule has 4 nitrogen and oxygen atoms in total. The number of hydrogen-bond donors (Lipinski definition) is 1. The second kappa shape index (κ2) is 5.13. The largest absolute Gasteiger partial charge is 0.309 e. The van der Waals surface area contributed by atoms with Gasteiger partial charge >= 0.3 is 0 Å². The Morgan fingerprint density at radius 1 is 1.39 bits per heavy atom. The molecule has 0 aromatic carbocycles. The van der Waals surface area contributed by atoms with Crippen LogP contribution in [0.1, 0.15) is 32.1 Å². The van der Waals surface area contributed by atoms with Gasteiger partial charge in [-0.3, -0.25) is 4.79 Å². The normalized spacial score (nSPS) is 17.8. The zero-order valence-electron chi connectivity index (χ0n) is 9.95. The number of carbonyl (C=O) groups is 1. The summed E-state index contributed by atoms with van der Waals surface area (Å²) in [6, 6.07) is 4.75. The van der Waals surface area contributed by atoms with Crippen LogP contribution in [0.25, 0.3) is 0 Å². The van der Waals surface area contributed by atoms with Crippen LogP contribution in [-0.4, -0.2) is 10.9 Å². The third-order valence-electron chi connectivity index (χ3n) is 3.32. The van der Waals surface area contributed by atoms with E-state index in [1.165, 1.54) is 12.1 Å². The van der Waals surface area contributed by atoms with Gasteiger partial charge in [0.2, 0.25) is 5.91 Å². The van der Waals surface area contributed by atoms with Crippen LogP contribution in [0.15, 0.2) is 18.3 Å². The highest BCUT2D eigenvalue weighted by Crippen LogP contribution is 2.36. The molecular formula is C13H14FN3O. The predicted molar refractivity (Wildman–Crippen MR) is 64.0 cm³/mol. The molecule has 2 rings (SSSR count). The molecule has 0 saturated heterocycles. The van der Waals surface area contributed by atoms with Crippen molar-refractivity contribution in [2.45, 2.75) is 32.1 Å². The van der Waals surface area contributed by atoms with E-state index in [9.17, 15) is 14.4 Å². The molecule has 0 bridgehead atoms. The maximum atomic E-state index is 12.7. The van der Waals surface area contributed by atoms with E-state index in [0.717, 1.165) is 25.5 Å². The van der Waals surface area contributed by atoms with Gasteiger partial charge in [-0.25, -0.2) is 9.37 Å². The Hall–Kier alpha value is -1.96. The molecule has 1 saturated carbocycles. The molecule has 18 heavy (non-hydrogen) atoms. The Balaban J connectivity index is 2.11. The predicted octanol–water partition coefficient (Wildman–Crippen LogP) is 2.63. The highest BCUT2D eigenvalue weighted by molar-refractivity contribution is 5.96. The second-order valence-corrected chi connectivity index (χ2v) is 4.57. The first kappa shape index (κ1) is 12.5. The lowest BCUT2D eigenvalue weighted by Crippen LogP contribution is -2.37. The summed E-state index contributed by atoms with van der Waals surface area (Å²) in [5.41, 5.74) is -0.950. The molecule has 0 unspecified atom stereocenters. The monoisotopic (exact) mass is 247 g/mol. The Morgan fingerprint density at radius 3 is 2.67 bits per heavy atom. The Bertz CT molecular complexity index is 472. The molecule has 0 atom stereocenters. The van der Waals surface area contributed by atoms with Gasteiger partial charge in [0.25, 0.3) is 0 Å². The lowest BCUT2D eigenvalue weighted by molar-refractivity contribution is -0.124. The van der Waals surface area contributed by atoms with Crippen LogP contribution >= 0.6 is 0 Å². The number of nitrogens with zero attached hydrogens (tertiary/aromatic N) is 2. The van der Waals surface area contributed by atoms with Crippen molar-refractivity contribution >= 4 is 11.7 Å². The Labute approximate surface area is 105 Å². The average Bonchev–Trinajstić information content (AvgIpc) is 2.42. The Morgan fingerprint density at radius 2 is 2.11 bits per heavy atom. The quantitative estimate of drug-likeness (QED) is 0.873. The number of aromatic nitrogens is 1. The molecule has 1 aliphatic carbocycles. The fraction of sp³-hybridized carbons (Fsp3) is 0.462. The SMILES string of the molecule is N#CC1(C(=O)Nc2ccc(F)cn2)CCCCC1. The van der Waals surface area contributed by atoms with Crippen molar-refractivity contribution in [3.8, 4) is 6.07 Å². The van der Waals surface area contributed by atoms with Crippen LogP contribution in [0.4, 0.5) is 10.2 Å². The van der Waals surface area contributed by atoms with E-state index >= 15 is 0 Å². The first-order valence-corrected chi connectivity index (χ1v) is 6.00.